The average Bonchev–Trinajstić information content (AvgIpc) is 2.12. The number of anilines is 1. The fourth-order valence-electron chi connectivity index (χ4n) is 1.36. The highest BCUT2D eigenvalue weighted by Crippen LogP contribution is 2.15. The molecule has 0 bridgehead atoms. The fourth-order valence-corrected chi connectivity index (χ4v) is 1.36. The molecule has 0 saturated carbocycles. The quantitative estimate of drug-likeness (QED) is 0.831. The predicted molar refractivity (Wildman–Crippen MR) is 59.4 cm³/mol. The van der Waals surface area contributed by atoms with Crippen LogP contribution in [0.5, 0.6) is 0 Å². The summed E-state index contributed by atoms with van der Waals surface area (Å²) in [5, 5.41) is 2.90. The molecule has 4 heteroatoms. The van der Waals surface area contributed by atoms with Crippen LogP contribution in [0.15, 0.2) is 0 Å². The monoisotopic (exact) mass is 211 g/mol. The van der Waals surface area contributed by atoms with Crippen molar-refractivity contribution < 1.29 is 4.39 Å². The standard InChI is InChI=1S/C11H18FN3/c1-5-13-11-10(12)8(4)14-9(15-11)6-7(2)3/h7H,5-6H2,1-4H3,(H,13,14,15). The normalized spacial score (nSPS) is 10.8. The van der Waals surface area contributed by atoms with Gasteiger partial charge in [0.2, 0.25) is 0 Å². The van der Waals surface area contributed by atoms with Gasteiger partial charge in [-0.15, -0.1) is 0 Å². The van der Waals surface area contributed by atoms with Gasteiger partial charge >= 0.3 is 0 Å². The highest BCUT2D eigenvalue weighted by Gasteiger charge is 2.11. The number of nitrogens with one attached hydrogen (secondary N) is 1. The second-order valence-corrected chi connectivity index (χ2v) is 4.02. The second kappa shape index (κ2) is 5.05. The zero-order chi connectivity index (χ0) is 11.4. The van der Waals surface area contributed by atoms with Crippen LogP contribution in [-0.2, 0) is 6.42 Å². The number of hydrogen-bond acceptors (Lipinski definition) is 3. The topological polar surface area (TPSA) is 37.8 Å². The first-order valence-corrected chi connectivity index (χ1v) is 5.31. The van der Waals surface area contributed by atoms with Gasteiger partial charge in [0.1, 0.15) is 5.82 Å². The summed E-state index contributed by atoms with van der Waals surface area (Å²) in [6.07, 6.45) is 0.777. The van der Waals surface area contributed by atoms with Crippen LogP contribution < -0.4 is 5.32 Å². The van der Waals surface area contributed by atoms with Crippen molar-refractivity contribution in [3.63, 3.8) is 0 Å². The van der Waals surface area contributed by atoms with Gasteiger partial charge in [-0.2, -0.15) is 0 Å². The Bertz CT molecular complexity index is 337. The summed E-state index contributed by atoms with van der Waals surface area (Å²) in [7, 11) is 0. The Morgan fingerprint density at radius 2 is 2.00 bits per heavy atom. The summed E-state index contributed by atoms with van der Waals surface area (Å²) in [6, 6.07) is 0. The number of hydrogen-bond donors (Lipinski definition) is 1. The molecule has 0 unspecified atom stereocenters. The van der Waals surface area contributed by atoms with Crippen LogP contribution >= 0.6 is 0 Å². The zero-order valence-electron chi connectivity index (χ0n) is 9.76. The third kappa shape index (κ3) is 3.15. The average molecular weight is 211 g/mol. The van der Waals surface area contributed by atoms with Gasteiger partial charge in [0.25, 0.3) is 0 Å². The molecule has 1 aromatic rings. The third-order valence-electron chi connectivity index (χ3n) is 2.00. The van der Waals surface area contributed by atoms with Gasteiger partial charge in [-0.1, -0.05) is 13.8 Å². The number of aryl methyl sites for hydroxylation is 1. The maximum Gasteiger partial charge on any atom is 0.186 e. The van der Waals surface area contributed by atoms with E-state index in [4.69, 9.17) is 0 Å². The van der Waals surface area contributed by atoms with Crippen LogP contribution in [0.25, 0.3) is 0 Å². The Balaban J connectivity index is 3.00. The largest absolute Gasteiger partial charge is 0.368 e. The van der Waals surface area contributed by atoms with Gasteiger partial charge in [-0.25, -0.2) is 14.4 Å². The van der Waals surface area contributed by atoms with Crippen molar-refractivity contribution in [1.29, 1.82) is 0 Å². The van der Waals surface area contributed by atoms with Crippen molar-refractivity contribution in [2.45, 2.75) is 34.1 Å². The molecule has 0 aliphatic rings. The molecule has 1 N–H and O–H groups in total. The third-order valence-corrected chi connectivity index (χ3v) is 2.00. The van der Waals surface area contributed by atoms with Gasteiger partial charge in [0.05, 0.1) is 5.69 Å². The van der Waals surface area contributed by atoms with E-state index >= 15 is 0 Å². The fraction of sp³-hybridized carbons (Fsp3) is 0.636. The Hall–Kier alpha value is -1.19. The van der Waals surface area contributed by atoms with Gasteiger partial charge in [-0.05, 0) is 19.8 Å². The molecule has 0 saturated heterocycles. The summed E-state index contributed by atoms with van der Waals surface area (Å²) in [5.41, 5.74) is 0.414. The van der Waals surface area contributed by atoms with Crippen LogP contribution in [-0.4, -0.2) is 16.5 Å². The summed E-state index contributed by atoms with van der Waals surface area (Å²) >= 11 is 0. The van der Waals surface area contributed by atoms with Crippen LogP contribution in [0, 0.1) is 18.7 Å². The highest BCUT2D eigenvalue weighted by atomic mass is 19.1. The number of rotatable bonds is 4. The molecular weight excluding hydrogens is 193 g/mol. The van der Waals surface area contributed by atoms with Gasteiger partial charge < -0.3 is 5.32 Å². The molecule has 0 radical (unpaired) electrons. The van der Waals surface area contributed by atoms with Crippen molar-refractivity contribution in [3.8, 4) is 0 Å². The molecular formula is C11H18FN3. The molecule has 0 aromatic carbocycles. The first-order chi connectivity index (χ1) is 7.04. The molecule has 0 aliphatic carbocycles. The Morgan fingerprint density at radius 3 is 2.53 bits per heavy atom. The smallest absolute Gasteiger partial charge is 0.186 e. The van der Waals surface area contributed by atoms with E-state index in [0.29, 0.717) is 29.8 Å². The first kappa shape index (κ1) is 11.9. The van der Waals surface area contributed by atoms with Crippen molar-refractivity contribution >= 4 is 5.82 Å². The van der Waals surface area contributed by atoms with Crippen LogP contribution in [0.3, 0.4) is 0 Å². The Labute approximate surface area is 90.1 Å². The van der Waals surface area contributed by atoms with E-state index in [1.807, 2.05) is 6.92 Å². The lowest BCUT2D eigenvalue weighted by Gasteiger charge is -2.09. The van der Waals surface area contributed by atoms with E-state index in [9.17, 15) is 4.39 Å². The maximum absolute atomic E-state index is 13.5. The molecule has 15 heavy (non-hydrogen) atoms. The lowest BCUT2D eigenvalue weighted by atomic mass is 10.1. The first-order valence-electron chi connectivity index (χ1n) is 5.31. The molecule has 0 atom stereocenters. The van der Waals surface area contributed by atoms with Crippen molar-refractivity contribution in [2.75, 3.05) is 11.9 Å². The summed E-state index contributed by atoms with van der Waals surface area (Å²) < 4.78 is 13.5. The number of halogens is 1. The maximum atomic E-state index is 13.5. The molecule has 0 amide bonds. The molecule has 0 spiro atoms. The Kier molecular flexibility index (Phi) is 4.00. The van der Waals surface area contributed by atoms with Crippen LogP contribution in [0.1, 0.15) is 32.3 Å². The summed E-state index contributed by atoms with van der Waals surface area (Å²) in [4.78, 5) is 8.30. The molecule has 1 rings (SSSR count). The summed E-state index contributed by atoms with van der Waals surface area (Å²) in [5.74, 6) is 1.16. The minimum atomic E-state index is -0.343. The number of aromatic nitrogens is 2. The lowest BCUT2D eigenvalue weighted by molar-refractivity contribution is 0.580. The molecule has 0 fully saturated rings. The van der Waals surface area contributed by atoms with E-state index in [1.54, 1.807) is 6.92 Å². The molecule has 1 heterocycles. The van der Waals surface area contributed by atoms with Crippen molar-refractivity contribution in [3.05, 3.63) is 17.3 Å². The molecule has 3 nitrogen and oxygen atoms in total. The summed E-state index contributed by atoms with van der Waals surface area (Å²) in [6.45, 7) is 8.43. The highest BCUT2D eigenvalue weighted by molar-refractivity contribution is 5.37. The predicted octanol–water partition coefficient (Wildman–Crippen LogP) is 2.55. The van der Waals surface area contributed by atoms with Gasteiger partial charge in [0, 0.05) is 13.0 Å². The minimum absolute atomic E-state index is 0.320. The van der Waals surface area contributed by atoms with Crippen molar-refractivity contribution in [1.82, 2.24) is 9.97 Å². The zero-order valence-corrected chi connectivity index (χ0v) is 9.76. The van der Waals surface area contributed by atoms with Crippen molar-refractivity contribution in [2.24, 2.45) is 5.92 Å². The van der Waals surface area contributed by atoms with E-state index in [-0.39, 0.29) is 5.82 Å². The molecule has 0 aliphatic heterocycles. The second-order valence-electron chi connectivity index (χ2n) is 4.02. The van der Waals surface area contributed by atoms with Crippen LogP contribution in [0.4, 0.5) is 10.2 Å². The van der Waals surface area contributed by atoms with Gasteiger partial charge in [-0.3, -0.25) is 0 Å². The van der Waals surface area contributed by atoms with E-state index in [0.717, 1.165) is 6.42 Å². The van der Waals surface area contributed by atoms with E-state index < -0.39 is 0 Å². The SMILES string of the molecule is CCNc1nc(CC(C)C)nc(C)c1F. The number of nitrogens with zero attached hydrogens (tertiary/aromatic N) is 2. The molecule has 1 aromatic heterocycles. The lowest BCUT2D eigenvalue weighted by Crippen LogP contribution is -2.10. The molecule has 84 valence electrons. The van der Waals surface area contributed by atoms with Crippen LogP contribution in [0.2, 0.25) is 0 Å². The van der Waals surface area contributed by atoms with E-state index in [2.05, 4.69) is 29.1 Å². The van der Waals surface area contributed by atoms with E-state index in [1.165, 1.54) is 0 Å². The Morgan fingerprint density at radius 1 is 1.33 bits per heavy atom. The van der Waals surface area contributed by atoms with Gasteiger partial charge in [0.15, 0.2) is 11.6 Å². The minimum Gasteiger partial charge on any atom is -0.368 e.